The Morgan fingerprint density at radius 2 is 1.84 bits per heavy atom. The summed E-state index contributed by atoms with van der Waals surface area (Å²) in [6, 6.07) is 11.5. The van der Waals surface area contributed by atoms with Crippen molar-refractivity contribution in [1.82, 2.24) is 0 Å². The number of ether oxygens (including phenoxy) is 1. The third kappa shape index (κ3) is 3.19. The van der Waals surface area contributed by atoms with Crippen LogP contribution in [0.1, 0.15) is 22.8 Å². The van der Waals surface area contributed by atoms with Crippen LogP contribution in [-0.2, 0) is 0 Å². The highest BCUT2D eigenvalue weighted by molar-refractivity contribution is 9.10. The Hall–Kier alpha value is -0.840. The second-order valence-electron chi connectivity index (χ2n) is 4.30. The molecule has 1 atom stereocenters. The van der Waals surface area contributed by atoms with Crippen LogP contribution in [0.2, 0.25) is 0 Å². The Morgan fingerprint density at radius 1 is 1.11 bits per heavy atom. The number of aryl methyl sites for hydroxylation is 1. The molecule has 2 rings (SSSR count). The molecule has 0 amide bonds. The van der Waals surface area contributed by atoms with Gasteiger partial charge in [0.25, 0.3) is 0 Å². The van der Waals surface area contributed by atoms with E-state index in [0.29, 0.717) is 0 Å². The summed E-state index contributed by atoms with van der Waals surface area (Å²) in [5.41, 5.74) is 2.78. The van der Waals surface area contributed by atoms with Crippen LogP contribution >= 0.6 is 31.9 Å². The van der Waals surface area contributed by atoms with Crippen molar-refractivity contribution in [3.8, 4) is 5.75 Å². The fraction of sp³-hybridized carbons (Fsp3) is 0.200. The SMILES string of the molecule is COc1ccc(C(O)c2ccc(Br)cc2C)cc1Br. The molecule has 0 spiro atoms. The monoisotopic (exact) mass is 384 g/mol. The number of hydrogen-bond acceptors (Lipinski definition) is 2. The number of aliphatic hydroxyl groups excluding tert-OH is 1. The molecule has 0 aromatic heterocycles. The summed E-state index contributed by atoms with van der Waals surface area (Å²) in [6.07, 6.45) is -0.643. The van der Waals surface area contributed by atoms with Gasteiger partial charge in [0, 0.05) is 4.47 Å². The second kappa shape index (κ2) is 6.07. The van der Waals surface area contributed by atoms with Crippen LogP contribution in [0.5, 0.6) is 5.75 Å². The molecule has 1 N–H and O–H groups in total. The predicted molar refractivity (Wildman–Crippen MR) is 83.6 cm³/mol. The molecule has 0 heterocycles. The number of rotatable bonds is 3. The Bertz CT molecular complexity index is 597. The average molecular weight is 386 g/mol. The van der Waals surface area contributed by atoms with Crippen LogP contribution in [0.4, 0.5) is 0 Å². The van der Waals surface area contributed by atoms with Gasteiger partial charge in [0.2, 0.25) is 0 Å². The van der Waals surface area contributed by atoms with Crippen LogP contribution in [0.3, 0.4) is 0 Å². The van der Waals surface area contributed by atoms with E-state index in [0.717, 1.165) is 31.4 Å². The molecule has 2 aromatic carbocycles. The van der Waals surface area contributed by atoms with E-state index in [-0.39, 0.29) is 0 Å². The van der Waals surface area contributed by atoms with Crippen molar-refractivity contribution in [3.05, 3.63) is 62.0 Å². The van der Waals surface area contributed by atoms with Gasteiger partial charge in [-0.3, -0.25) is 0 Å². The van der Waals surface area contributed by atoms with Crippen molar-refractivity contribution in [3.63, 3.8) is 0 Å². The minimum Gasteiger partial charge on any atom is -0.496 e. The molecule has 2 nitrogen and oxygen atoms in total. The van der Waals surface area contributed by atoms with E-state index in [1.54, 1.807) is 7.11 Å². The topological polar surface area (TPSA) is 29.5 Å². The normalized spacial score (nSPS) is 12.3. The van der Waals surface area contributed by atoms with Crippen molar-refractivity contribution < 1.29 is 9.84 Å². The molecule has 0 saturated heterocycles. The second-order valence-corrected chi connectivity index (χ2v) is 6.07. The van der Waals surface area contributed by atoms with E-state index in [9.17, 15) is 5.11 Å². The number of benzene rings is 2. The molecule has 0 aliphatic rings. The van der Waals surface area contributed by atoms with Gasteiger partial charge < -0.3 is 9.84 Å². The standard InChI is InChI=1S/C15H14Br2O2/c1-9-7-11(16)4-5-12(9)15(18)10-3-6-14(19-2)13(17)8-10/h3-8,15,18H,1-2H3. The molecule has 2 aromatic rings. The quantitative estimate of drug-likeness (QED) is 0.835. The highest BCUT2D eigenvalue weighted by atomic mass is 79.9. The van der Waals surface area contributed by atoms with Crippen molar-refractivity contribution in [2.45, 2.75) is 13.0 Å². The third-order valence-corrected chi connectivity index (χ3v) is 4.13. The third-order valence-electron chi connectivity index (χ3n) is 3.02. The van der Waals surface area contributed by atoms with E-state index in [4.69, 9.17) is 4.74 Å². The van der Waals surface area contributed by atoms with Gasteiger partial charge in [0.05, 0.1) is 11.6 Å². The average Bonchev–Trinajstić information content (AvgIpc) is 2.38. The Kier molecular flexibility index (Phi) is 4.66. The van der Waals surface area contributed by atoms with E-state index >= 15 is 0 Å². The number of aliphatic hydroxyl groups is 1. The summed E-state index contributed by atoms with van der Waals surface area (Å²) >= 11 is 6.86. The molecule has 4 heteroatoms. The lowest BCUT2D eigenvalue weighted by molar-refractivity contribution is 0.219. The fourth-order valence-corrected chi connectivity index (χ4v) is 3.01. The Morgan fingerprint density at radius 3 is 2.42 bits per heavy atom. The zero-order valence-corrected chi connectivity index (χ0v) is 13.8. The van der Waals surface area contributed by atoms with Crippen molar-refractivity contribution in [1.29, 1.82) is 0 Å². The zero-order chi connectivity index (χ0) is 14.0. The van der Waals surface area contributed by atoms with Crippen LogP contribution < -0.4 is 4.74 Å². The van der Waals surface area contributed by atoms with Gasteiger partial charge in [0.15, 0.2) is 0 Å². The van der Waals surface area contributed by atoms with Crippen LogP contribution in [0.25, 0.3) is 0 Å². The number of hydrogen-bond donors (Lipinski definition) is 1. The first-order valence-electron chi connectivity index (χ1n) is 5.80. The molecule has 0 aliphatic heterocycles. The molecule has 0 saturated carbocycles. The lowest BCUT2D eigenvalue weighted by Gasteiger charge is -2.15. The van der Waals surface area contributed by atoms with Gasteiger partial charge in [-0.2, -0.15) is 0 Å². The Balaban J connectivity index is 2.38. The molecule has 0 bridgehead atoms. The molecular weight excluding hydrogens is 372 g/mol. The summed E-state index contributed by atoms with van der Waals surface area (Å²) in [5, 5.41) is 10.5. The summed E-state index contributed by atoms with van der Waals surface area (Å²) in [6.45, 7) is 1.99. The fourth-order valence-electron chi connectivity index (χ4n) is 1.98. The zero-order valence-electron chi connectivity index (χ0n) is 10.7. The molecule has 1 unspecified atom stereocenters. The van der Waals surface area contributed by atoms with E-state index < -0.39 is 6.10 Å². The molecule has 19 heavy (non-hydrogen) atoms. The van der Waals surface area contributed by atoms with Crippen LogP contribution in [0.15, 0.2) is 45.3 Å². The van der Waals surface area contributed by atoms with Gasteiger partial charge in [-0.15, -0.1) is 0 Å². The molecule has 100 valence electrons. The molecular formula is C15H14Br2O2. The van der Waals surface area contributed by atoms with Crippen LogP contribution in [-0.4, -0.2) is 12.2 Å². The Labute approximate surface area is 129 Å². The maximum atomic E-state index is 10.5. The molecule has 0 radical (unpaired) electrons. The van der Waals surface area contributed by atoms with Gasteiger partial charge in [-0.25, -0.2) is 0 Å². The summed E-state index contributed by atoms with van der Waals surface area (Å²) in [5.74, 6) is 0.753. The van der Waals surface area contributed by atoms with E-state index in [1.165, 1.54) is 0 Å². The first-order chi connectivity index (χ1) is 9.02. The van der Waals surface area contributed by atoms with E-state index in [2.05, 4.69) is 31.9 Å². The van der Waals surface area contributed by atoms with E-state index in [1.807, 2.05) is 43.3 Å². The summed E-state index contributed by atoms with van der Waals surface area (Å²) in [7, 11) is 1.62. The lowest BCUT2D eigenvalue weighted by Crippen LogP contribution is -2.02. The number of halogens is 2. The van der Waals surface area contributed by atoms with Crippen LogP contribution in [0, 0.1) is 6.92 Å². The van der Waals surface area contributed by atoms with Gasteiger partial charge in [-0.1, -0.05) is 28.1 Å². The minimum atomic E-state index is -0.643. The smallest absolute Gasteiger partial charge is 0.133 e. The maximum Gasteiger partial charge on any atom is 0.133 e. The van der Waals surface area contributed by atoms with Crippen molar-refractivity contribution in [2.75, 3.05) is 7.11 Å². The van der Waals surface area contributed by atoms with Gasteiger partial charge in [-0.05, 0) is 63.8 Å². The summed E-state index contributed by atoms with van der Waals surface area (Å²) in [4.78, 5) is 0. The predicted octanol–water partition coefficient (Wildman–Crippen LogP) is 4.61. The van der Waals surface area contributed by atoms with Crippen molar-refractivity contribution >= 4 is 31.9 Å². The lowest BCUT2D eigenvalue weighted by atomic mass is 9.97. The molecule has 0 fully saturated rings. The highest BCUT2D eigenvalue weighted by Crippen LogP contribution is 2.32. The summed E-state index contributed by atoms with van der Waals surface area (Å²) < 4.78 is 7.04. The maximum absolute atomic E-state index is 10.5. The number of methoxy groups -OCH3 is 1. The van der Waals surface area contributed by atoms with Gasteiger partial charge in [0.1, 0.15) is 11.9 Å². The largest absolute Gasteiger partial charge is 0.496 e. The first kappa shape index (κ1) is 14.6. The highest BCUT2D eigenvalue weighted by Gasteiger charge is 2.14. The minimum absolute atomic E-state index is 0.643. The first-order valence-corrected chi connectivity index (χ1v) is 7.39. The molecule has 0 aliphatic carbocycles. The van der Waals surface area contributed by atoms with Crippen molar-refractivity contribution in [2.24, 2.45) is 0 Å². The van der Waals surface area contributed by atoms with Gasteiger partial charge >= 0.3 is 0 Å².